The maximum atomic E-state index is 13.0. The van der Waals surface area contributed by atoms with Crippen molar-refractivity contribution in [3.8, 4) is 0 Å². The molecule has 0 unspecified atom stereocenters. The van der Waals surface area contributed by atoms with Gasteiger partial charge < -0.3 is 10.1 Å². The first kappa shape index (κ1) is 17.3. The fourth-order valence-electron chi connectivity index (χ4n) is 3.21. The van der Waals surface area contributed by atoms with E-state index in [-0.39, 0.29) is 6.61 Å². The van der Waals surface area contributed by atoms with Crippen molar-refractivity contribution in [2.24, 2.45) is 0 Å². The van der Waals surface area contributed by atoms with E-state index in [9.17, 15) is 4.79 Å². The number of ether oxygens (including phenoxy) is 1. The topological polar surface area (TPSA) is 69.0 Å². The van der Waals surface area contributed by atoms with Crippen LogP contribution in [0, 0.1) is 0 Å². The normalized spacial score (nSPS) is 15.9. The molecule has 136 valence electrons. The first-order valence-electron chi connectivity index (χ1n) is 8.58. The predicted octanol–water partition coefficient (Wildman–Crippen LogP) is 3.92. The number of rotatable bonds is 4. The molecular weight excluding hydrogens is 364 g/mol. The van der Waals surface area contributed by atoms with Gasteiger partial charge in [0.05, 0.1) is 17.9 Å². The standard InChI is InChI=1S/C20H17ClN4O2/c1-2-27-19(26)16-17(13-8-4-3-5-9-13)24-20-22-12-23-25(20)18(16)14-10-6-7-11-15(14)21/h3-12,18H,2H2,1H3,(H,22,23,24)/t18-/m1/s1. The smallest absolute Gasteiger partial charge is 0.338 e. The van der Waals surface area contributed by atoms with Crippen LogP contribution in [0.5, 0.6) is 0 Å². The lowest BCUT2D eigenvalue weighted by atomic mass is 9.93. The molecule has 7 heteroatoms. The number of halogens is 1. The summed E-state index contributed by atoms with van der Waals surface area (Å²) in [6.07, 6.45) is 1.45. The van der Waals surface area contributed by atoms with E-state index in [1.165, 1.54) is 6.33 Å². The Morgan fingerprint density at radius 3 is 2.67 bits per heavy atom. The Balaban J connectivity index is 1.99. The van der Waals surface area contributed by atoms with Crippen molar-refractivity contribution in [2.45, 2.75) is 13.0 Å². The molecule has 0 fully saturated rings. The van der Waals surface area contributed by atoms with Gasteiger partial charge in [0, 0.05) is 10.6 Å². The van der Waals surface area contributed by atoms with Gasteiger partial charge in [-0.15, -0.1) is 0 Å². The summed E-state index contributed by atoms with van der Waals surface area (Å²) in [5.74, 6) is 0.113. The molecule has 3 aromatic rings. The second-order valence-electron chi connectivity index (χ2n) is 5.95. The van der Waals surface area contributed by atoms with Crippen LogP contribution in [0.25, 0.3) is 5.70 Å². The zero-order valence-electron chi connectivity index (χ0n) is 14.6. The third kappa shape index (κ3) is 3.08. The molecule has 1 aliphatic rings. The number of carbonyl (C=O) groups is 1. The molecule has 1 atom stereocenters. The number of fused-ring (bicyclic) bond motifs is 1. The molecule has 0 bridgehead atoms. The van der Waals surface area contributed by atoms with Crippen LogP contribution >= 0.6 is 11.6 Å². The summed E-state index contributed by atoms with van der Waals surface area (Å²) in [6.45, 7) is 2.05. The van der Waals surface area contributed by atoms with Crippen LogP contribution in [0.2, 0.25) is 5.02 Å². The van der Waals surface area contributed by atoms with Crippen LogP contribution in [0.4, 0.5) is 5.95 Å². The van der Waals surface area contributed by atoms with E-state index in [1.54, 1.807) is 17.7 Å². The van der Waals surface area contributed by atoms with Gasteiger partial charge in [0.1, 0.15) is 12.4 Å². The van der Waals surface area contributed by atoms with Crippen molar-refractivity contribution in [1.29, 1.82) is 0 Å². The van der Waals surface area contributed by atoms with Gasteiger partial charge in [0.25, 0.3) is 0 Å². The molecule has 0 aliphatic carbocycles. The summed E-state index contributed by atoms with van der Waals surface area (Å²) in [7, 11) is 0. The Morgan fingerprint density at radius 2 is 1.93 bits per heavy atom. The molecule has 0 saturated carbocycles. The van der Waals surface area contributed by atoms with Crippen LogP contribution in [0.1, 0.15) is 24.1 Å². The lowest BCUT2D eigenvalue weighted by molar-refractivity contribution is -0.138. The number of anilines is 1. The molecular formula is C20H17ClN4O2. The molecule has 1 aromatic heterocycles. The van der Waals surface area contributed by atoms with Gasteiger partial charge in [-0.25, -0.2) is 9.48 Å². The number of esters is 1. The van der Waals surface area contributed by atoms with E-state index in [0.717, 1.165) is 11.1 Å². The van der Waals surface area contributed by atoms with Crippen LogP contribution in [-0.2, 0) is 9.53 Å². The van der Waals surface area contributed by atoms with Crippen molar-refractivity contribution in [3.63, 3.8) is 0 Å². The third-order valence-corrected chi connectivity index (χ3v) is 4.70. The van der Waals surface area contributed by atoms with Crippen molar-refractivity contribution in [2.75, 3.05) is 11.9 Å². The molecule has 0 spiro atoms. The highest BCUT2D eigenvalue weighted by Crippen LogP contribution is 2.40. The summed E-state index contributed by atoms with van der Waals surface area (Å²) in [6, 6.07) is 16.5. The molecule has 2 aromatic carbocycles. The van der Waals surface area contributed by atoms with Gasteiger partial charge >= 0.3 is 5.97 Å². The van der Waals surface area contributed by atoms with Crippen LogP contribution in [-0.4, -0.2) is 27.3 Å². The first-order valence-corrected chi connectivity index (χ1v) is 8.96. The minimum absolute atomic E-state index is 0.268. The average Bonchev–Trinajstić information content (AvgIpc) is 3.16. The Hall–Kier alpha value is -3.12. The van der Waals surface area contributed by atoms with E-state index in [1.807, 2.05) is 48.5 Å². The Labute approximate surface area is 161 Å². The largest absolute Gasteiger partial charge is 0.463 e. The van der Waals surface area contributed by atoms with Gasteiger partial charge in [-0.05, 0) is 18.6 Å². The average molecular weight is 381 g/mol. The van der Waals surface area contributed by atoms with Crippen LogP contribution in [0.15, 0.2) is 66.5 Å². The lowest BCUT2D eigenvalue weighted by Gasteiger charge is -2.30. The molecule has 6 nitrogen and oxygen atoms in total. The minimum Gasteiger partial charge on any atom is -0.463 e. The number of benzene rings is 2. The maximum absolute atomic E-state index is 13.0. The Morgan fingerprint density at radius 1 is 1.19 bits per heavy atom. The molecule has 1 aliphatic heterocycles. The number of nitrogens with zero attached hydrogens (tertiary/aromatic N) is 3. The summed E-state index contributed by atoms with van der Waals surface area (Å²) < 4.78 is 7.03. The van der Waals surface area contributed by atoms with Crippen LogP contribution < -0.4 is 5.32 Å². The Kier molecular flexibility index (Phi) is 4.64. The Bertz CT molecular complexity index is 1010. The van der Waals surface area contributed by atoms with E-state index < -0.39 is 12.0 Å². The molecule has 2 heterocycles. The van der Waals surface area contributed by atoms with Crippen LogP contribution in [0.3, 0.4) is 0 Å². The van der Waals surface area contributed by atoms with E-state index in [2.05, 4.69) is 15.4 Å². The predicted molar refractivity (Wildman–Crippen MR) is 103 cm³/mol. The van der Waals surface area contributed by atoms with E-state index in [0.29, 0.717) is 22.2 Å². The number of hydrogen-bond donors (Lipinski definition) is 1. The molecule has 4 rings (SSSR count). The molecule has 0 radical (unpaired) electrons. The van der Waals surface area contributed by atoms with Gasteiger partial charge in [-0.2, -0.15) is 10.1 Å². The zero-order chi connectivity index (χ0) is 18.8. The maximum Gasteiger partial charge on any atom is 0.338 e. The summed E-state index contributed by atoms with van der Waals surface area (Å²) >= 11 is 6.48. The highest BCUT2D eigenvalue weighted by molar-refractivity contribution is 6.31. The summed E-state index contributed by atoms with van der Waals surface area (Å²) in [5, 5.41) is 8.09. The monoisotopic (exact) mass is 380 g/mol. The van der Waals surface area contributed by atoms with Crippen molar-refractivity contribution >= 4 is 29.2 Å². The van der Waals surface area contributed by atoms with E-state index in [4.69, 9.17) is 16.3 Å². The third-order valence-electron chi connectivity index (χ3n) is 4.35. The van der Waals surface area contributed by atoms with E-state index >= 15 is 0 Å². The van der Waals surface area contributed by atoms with Crippen molar-refractivity contribution in [1.82, 2.24) is 14.8 Å². The first-order chi connectivity index (χ1) is 13.2. The zero-order valence-corrected chi connectivity index (χ0v) is 15.3. The summed E-state index contributed by atoms with van der Waals surface area (Å²) in [5.41, 5.74) is 2.68. The quantitative estimate of drug-likeness (QED) is 0.695. The number of aromatic nitrogens is 3. The molecule has 1 N–H and O–H groups in total. The van der Waals surface area contributed by atoms with Gasteiger partial charge in [-0.1, -0.05) is 60.1 Å². The summed E-state index contributed by atoms with van der Waals surface area (Å²) in [4.78, 5) is 17.3. The van der Waals surface area contributed by atoms with Crippen molar-refractivity contribution in [3.05, 3.63) is 82.6 Å². The van der Waals surface area contributed by atoms with Gasteiger partial charge in [0.2, 0.25) is 5.95 Å². The number of nitrogens with one attached hydrogen (secondary N) is 1. The molecule has 0 amide bonds. The number of hydrogen-bond acceptors (Lipinski definition) is 5. The van der Waals surface area contributed by atoms with Gasteiger partial charge in [-0.3, -0.25) is 0 Å². The van der Waals surface area contributed by atoms with Crippen molar-refractivity contribution < 1.29 is 9.53 Å². The molecule has 27 heavy (non-hydrogen) atoms. The molecule has 0 saturated heterocycles. The minimum atomic E-state index is -0.549. The highest BCUT2D eigenvalue weighted by Gasteiger charge is 2.37. The second kappa shape index (κ2) is 7.25. The highest BCUT2D eigenvalue weighted by atomic mass is 35.5. The lowest BCUT2D eigenvalue weighted by Crippen LogP contribution is -2.30. The SMILES string of the molecule is CCOC(=O)C1=C(c2ccccc2)Nc2ncnn2[C@@H]1c1ccccc1Cl. The van der Waals surface area contributed by atoms with Gasteiger partial charge in [0.15, 0.2) is 0 Å². The number of carbonyl (C=O) groups excluding carboxylic acids is 1. The second-order valence-corrected chi connectivity index (χ2v) is 6.36. The fourth-order valence-corrected chi connectivity index (χ4v) is 3.44. The fraction of sp³-hybridized carbons (Fsp3) is 0.150.